The summed E-state index contributed by atoms with van der Waals surface area (Å²) in [6.07, 6.45) is 3.36. The van der Waals surface area contributed by atoms with Crippen molar-refractivity contribution in [1.29, 1.82) is 5.26 Å². The van der Waals surface area contributed by atoms with Crippen LogP contribution in [0.5, 0.6) is 0 Å². The first-order valence-electron chi connectivity index (χ1n) is 7.14. The molecule has 0 aliphatic rings. The molecule has 2 heterocycles. The van der Waals surface area contributed by atoms with Crippen molar-refractivity contribution in [2.45, 2.75) is 26.7 Å². The van der Waals surface area contributed by atoms with E-state index in [0.29, 0.717) is 17.1 Å². The van der Waals surface area contributed by atoms with Gasteiger partial charge in [0.25, 0.3) is 0 Å². The Morgan fingerprint density at radius 3 is 2.64 bits per heavy atom. The quantitative estimate of drug-likeness (QED) is 0.693. The fraction of sp³-hybridized carbons (Fsp3) is 0.235. The highest BCUT2D eigenvalue weighted by Crippen LogP contribution is 2.24. The van der Waals surface area contributed by atoms with Crippen LogP contribution in [0.1, 0.15) is 34.9 Å². The van der Waals surface area contributed by atoms with Gasteiger partial charge in [-0.25, -0.2) is 9.50 Å². The summed E-state index contributed by atoms with van der Waals surface area (Å²) >= 11 is 6.53. The number of halogens is 1. The Morgan fingerprint density at radius 2 is 2.00 bits per heavy atom. The van der Waals surface area contributed by atoms with Gasteiger partial charge in [-0.3, -0.25) is 0 Å². The predicted octanol–water partition coefficient (Wildman–Crippen LogP) is 3.72. The highest BCUT2D eigenvalue weighted by Gasteiger charge is 2.14. The molecular formula is C17H15ClN4. The third-order valence-corrected chi connectivity index (χ3v) is 4.20. The van der Waals surface area contributed by atoms with Crippen molar-refractivity contribution in [1.82, 2.24) is 14.6 Å². The van der Waals surface area contributed by atoms with Crippen LogP contribution in [0.25, 0.3) is 5.65 Å². The fourth-order valence-corrected chi connectivity index (χ4v) is 2.82. The molecule has 0 unspecified atom stereocenters. The van der Waals surface area contributed by atoms with Crippen LogP contribution in [-0.2, 0) is 12.8 Å². The highest BCUT2D eigenvalue weighted by atomic mass is 35.5. The normalized spacial score (nSPS) is 10.8. The van der Waals surface area contributed by atoms with Crippen molar-refractivity contribution in [3.05, 3.63) is 63.6 Å². The molecule has 110 valence electrons. The number of benzene rings is 1. The number of nitrogens with zero attached hydrogens (tertiary/aromatic N) is 4. The summed E-state index contributed by atoms with van der Waals surface area (Å²) in [5.41, 5.74) is 5.54. The van der Waals surface area contributed by atoms with E-state index in [1.54, 1.807) is 4.52 Å². The molecule has 0 saturated heterocycles. The Balaban J connectivity index is 2.05. The van der Waals surface area contributed by atoms with Gasteiger partial charge in [0.1, 0.15) is 5.15 Å². The maximum absolute atomic E-state index is 8.86. The number of hydrogen-bond acceptors (Lipinski definition) is 3. The van der Waals surface area contributed by atoms with Crippen LogP contribution in [0, 0.1) is 18.3 Å². The van der Waals surface area contributed by atoms with Crippen LogP contribution in [0.3, 0.4) is 0 Å². The van der Waals surface area contributed by atoms with Gasteiger partial charge in [0, 0.05) is 23.2 Å². The molecule has 0 N–H and O–H groups in total. The minimum absolute atomic E-state index is 0.603. The minimum Gasteiger partial charge on any atom is -0.233 e. The van der Waals surface area contributed by atoms with Gasteiger partial charge in [-0.1, -0.05) is 30.7 Å². The van der Waals surface area contributed by atoms with Crippen molar-refractivity contribution in [2.24, 2.45) is 0 Å². The summed E-state index contributed by atoms with van der Waals surface area (Å²) in [5, 5.41) is 13.8. The van der Waals surface area contributed by atoms with Crippen molar-refractivity contribution >= 4 is 17.2 Å². The van der Waals surface area contributed by atoms with Crippen LogP contribution in [0.4, 0.5) is 0 Å². The first-order chi connectivity index (χ1) is 10.6. The zero-order valence-electron chi connectivity index (χ0n) is 12.5. The maximum atomic E-state index is 8.86. The number of fused-ring (bicyclic) bond motifs is 1. The lowest BCUT2D eigenvalue weighted by atomic mass is 10.0. The third-order valence-electron chi connectivity index (χ3n) is 3.81. The van der Waals surface area contributed by atoms with E-state index < -0.39 is 0 Å². The topological polar surface area (TPSA) is 54.0 Å². The molecule has 2 aromatic heterocycles. The lowest BCUT2D eigenvalue weighted by molar-refractivity contribution is 0.902. The summed E-state index contributed by atoms with van der Waals surface area (Å²) in [7, 11) is 0. The van der Waals surface area contributed by atoms with Gasteiger partial charge in [0.05, 0.1) is 17.8 Å². The maximum Gasteiger partial charge on any atom is 0.160 e. The van der Waals surface area contributed by atoms with Crippen LogP contribution < -0.4 is 0 Å². The van der Waals surface area contributed by atoms with E-state index >= 15 is 0 Å². The number of aromatic nitrogens is 3. The minimum atomic E-state index is 0.603. The molecule has 0 aliphatic carbocycles. The Kier molecular flexibility index (Phi) is 3.82. The van der Waals surface area contributed by atoms with Gasteiger partial charge < -0.3 is 0 Å². The molecule has 3 aromatic rings. The van der Waals surface area contributed by atoms with Crippen LogP contribution >= 0.6 is 11.6 Å². The predicted molar refractivity (Wildman–Crippen MR) is 86.1 cm³/mol. The van der Waals surface area contributed by atoms with Gasteiger partial charge in [-0.15, -0.1) is 0 Å². The summed E-state index contributed by atoms with van der Waals surface area (Å²) in [4.78, 5) is 4.66. The molecule has 22 heavy (non-hydrogen) atoms. The molecule has 0 amide bonds. The van der Waals surface area contributed by atoms with Crippen molar-refractivity contribution in [3.63, 3.8) is 0 Å². The summed E-state index contributed by atoms with van der Waals surface area (Å²) in [6, 6.07) is 9.63. The van der Waals surface area contributed by atoms with E-state index in [-0.39, 0.29) is 0 Å². The zero-order chi connectivity index (χ0) is 15.7. The van der Waals surface area contributed by atoms with E-state index in [1.807, 2.05) is 37.4 Å². The molecule has 4 nitrogen and oxygen atoms in total. The Bertz CT molecular complexity index is 872. The number of aryl methyl sites for hydroxylation is 2. The van der Waals surface area contributed by atoms with E-state index in [1.165, 1.54) is 0 Å². The third kappa shape index (κ3) is 2.44. The second-order valence-corrected chi connectivity index (χ2v) is 5.57. The van der Waals surface area contributed by atoms with Gasteiger partial charge in [0.15, 0.2) is 5.65 Å². The molecule has 3 rings (SSSR count). The van der Waals surface area contributed by atoms with Crippen LogP contribution in [0.15, 0.2) is 30.5 Å². The van der Waals surface area contributed by atoms with E-state index in [0.717, 1.165) is 34.5 Å². The molecule has 0 fully saturated rings. The SMILES string of the molecule is CCc1cnn2c(Cl)c(Cc3ccc(C#N)cc3)c(C)nc12. The van der Waals surface area contributed by atoms with Gasteiger partial charge in [-0.05, 0) is 31.0 Å². The fourth-order valence-electron chi connectivity index (χ4n) is 2.49. The Morgan fingerprint density at radius 1 is 1.27 bits per heavy atom. The summed E-state index contributed by atoms with van der Waals surface area (Å²) in [5.74, 6) is 0. The Labute approximate surface area is 134 Å². The van der Waals surface area contributed by atoms with Crippen molar-refractivity contribution < 1.29 is 0 Å². The molecule has 0 aliphatic heterocycles. The Hall–Kier alpha value is -2.38. The average molecular weight is 311 g/mol. The lowest BCUT2D eigenvalue weighted by Gasteiger charge is -2.10. The number of nitriles is 1. The van der Waals surface area contributed by atoms with Gasteiger partial charge >= 0.3 is 0 Å². The van der Waals surface area contributed by atoms with Crippen molar-refractivity contribution in [2.75, 3.05) is 0 Å². The standard InChI is InChI=1S/C17H15ClN4/c1-3-14-10-20-22-16(18)15(11(2)21-17(14)22)8-12-4-6-13(9-19)7-5-12/h4-7,10H,3,8H2,1-2H3. The molecule has 1 aromatic carbocycles. The van der Waals surface area contributed by atoms with Gasteiger partial charge in [-0.2, -0.15) is 10.4 Å². The molecular weight excluding hydrogens is 296 g/mol. The first-order valence-corrected chi connectivity index (χ1v) is 7.52. The highest BCUT2D eigenvalue weighted by molar-refractivity contribution is 6.30. The van der Waals surface area contributed by atoms with Crippen LogP contribution in [-0.4, -0.2) is 14.6 Å². The molecule has 0 saturated carbocycles. The van der Waals surface area contributed by atoms with E-state index in [4.69, 9.17) is 16.9 Å². The molecule has 5 heteroatoms. The largest absolute Gasteiger partial charge is 0.233 e. The van der Waals surface area contributed by atoms with E-state index in [9.17, 15) is 0 Å². The molecule has 0 spiro atoms. The van der Waals surface area contributed by atoms with Crippen LogP contribution in [0.2, 0.25) is 5.15 Å². The second kappa shape index (κ2) is 5.78. The lowest BCUT2D eigenvalue weighted by Crippen LogP contribution is -2.04. The molecule has 0 bridgehead atoms. The summed E-state index contributed by atoms with van der Waals surface area (Å²) < 4.78 is 1.70. The number of hydrogen-bond donors (Lipinski definition) is 0. The summed E-state index contributed by atoms with van der Waals surface area (Å²) in [6.45, 7) is 4.05. The second-order valence-electron chi connectivity index (χ2n) is 5.21. The van der Waals surface area contributed by atoms with Crippen molar-refractivity contribution in [3.8, 4) is 6.07 Å². The molecule has 0 atom stereocenters. The zero-order valence-corrected chi connectivity index (χ0v) is 13.2. The first kappa shape index (κ1) is 14.6. The number of rotatable bonds is 3. The monoisotopic (exact) mass is 310 g/mol. The van der Waals surface area contributed by atoms with Gasteiger partial charge in [0.2, 0.25) is 0 Å². The van der Waals surface area contributed by atoms with E-state index in [2.05, 4.69) is 23.1 Å². The smallest absolute Gasteiger partial charge is 0.160 e. The molecule has 0 radical (unpaired) electrons. The average Bonchev–Trinajstić information content (AvgIpc) is 2.95.